The average Bonchev–Trinajstić information content (AvgIpc) is 3.43. The number of carbonyl (C=O) groups is 2. The van der Waals surface area contributed by atoms with E-state index in [2.05, 4.69) is 5.32 Å². The number of para-hydroxylation sites is 1. The van der Waals surface area contributed by atoms with Gasteiger partial charge in [0.1, 0.15) is 29.3 Å². The van der Waals surface area contributed by atoms with Gasteiger partial charge in [-0.3, -0.25) is 9.59 Å². The summed E-state index contributed by atoms with van der Waals surface area (Å²) in [5.74, 6) is 0.648. The van der Waals surface area contributed by atoms with E-state index < -0.39 is 0 Å². The Morgan fingerprint density at radius 2 is 2.03 bits per heavy atom. The van der Waals surface area contributed by atoms with Crippen molar-refractivity contribution in [2.24, 2.45) is 0 Å². The lowest BCUT2D eigenvalue weighted by Crippen LogP contribution is -2.51. The molecule has 1 saturated heterocycles. The fraction of sp³-hybridized carbons (Fsp3) is 0.444. The monoisotopic (exact) mass is 495 g/mol. The normalized spacial score (nSPS) is 15.7. The molecule has 36 heavy (non-hydrogen) atoms. The van der Waals surface area contributed by atoms with Crippen molar-refractivity contribution < 1.29 is 28.2 Å². The average molecular weight is 496 g/mol. The number of furan rings is 1. The van der Waals surface area contributed by atoms with Gasteiger partial charge in [-0.15, -0.1) is 0 Å². The summed E-state index contributed by atoms with van der Waals surface area (Å²) >= 11 is 0. The maximum absolute atomic E-state index is 13.8. The van der Waals surface area contributed by atoms with E-state index in [-0.39, 0.29) is 41.8 Å². The van der Waals surface area contributed by atoms with Crippen LogP contribution in [0.5, 0.6) is 11.5 Å². The zero-order valence-corrected chi connectivity index (χ0v) is 21.0. The van der Waals surface area contributed by atoms with Crippen LogP contribution in [0.2, 0.25) is 0 Å². The van der Waals surface area contributed by atoms with E-state index in [1.807, 2.05) is 24.8 Å². The Bertz CT molecular complexity index is 1170. The summed E-state index contributed by atoms with van der Waals surface area (Å²) in [5, 5.41) is 4.07. The van der Waals surface area contributed by atoms with E-state index in [0.29, 0.717) is 35.6 Å². The first-order chi connectivity index (χ1) is 17.5. The van der Waals surface area contributed by atoms with Gasteiger partial charge in [0.05, 0.1) is 12.9 Å². The number of hydrogen-bond acceptors (Lipinski definition) is 8. The van der Waals surface area contributed by atoms with E-state index >= 15 is 0 Å². The summed E-state index contributed by atoms with van der Waals surface area (Å²) in [4.78, 5) is 32.8. The lowest BCUT2D eigenvalue weighted by atomic mass is 10.0. The predicted molar refractivity (Wildman–Crippen MR) is 135 cm³/mol. The molecule has 1 aromatic carbocycles. The second kappa shape index (κ2) is 12.0. The van der Waals surface area contributed by atoms with Gasteiger partial charge < -0.3 is 28.8 Å². The number of hydrogen-bond donors (Lipinski definition) is 1. The number of ether oxygens (including phenoxy) is 3. The first-order valence-electron chi connectivity index (χ1n) is 12.3. The van der Waals surface area contributed by atoms with Crippen LogP contribution in [-0.2, 0) is 4.74 Å². The van der Waals surface area contributed by atoms with Gasteiger partial charge in [-0.25, -0.2) is 4.98 Å². The van der Waals surface area contributed by atoms with Gasteiger partial charge in [0.2, 0.25) is 5.78 Å². The highest BCUT2D eigenvalue weighted by Gasteiger charge is 2.30. The molecule has 1 aliphatic heterocycles. The molecule has 1 amide bonds. The molecule has 192 valence electrons. The molecule has 0 unspecified atom stereocenters. The Labute approximate surface area is 210 Å². The summed E-state index contributed by atoms with van der Waals surface area (Å²) in [6.07, 6.45) is 3.39. The summed E-state index contributed by atoms with van der Waals surface area (Å²) in [7, 11) is 1.60. The number of carbonyl (C=O) groups excluding carboxylic acids is 2. The third-order valence-electron chi connectivity index (χ3n) is 6.14. The second-order valence-corrected chi connectivity index (χ2v) is 8.99. The molecule has 2 aromatic heterocycles. The van der Waals surface area contributed by atoms with Gasteiger partial charge in [-0.2, -0.15) is 0 Å². The van der Waals surface area contributed by atoms with Crippen LogP contribution < -0.4 is 14.8 Å². The molecule has 0 bridgehead atoms. The van der Waals surface area contributed by atoms with E-state index in [4.69, 9.17) is 23.6 Å². The molecule has 9 nitrogen and oxygen atoms in total. The second-order valence-electron chi connectivity index (χ2n) is 8.99. The van der Waals surface area contributed by atoms with Crippen molar-refractivity contribution in [3.05, 3.63) is 54.1 Å². The number of nitrogens with one attached hydrogen (secondary N) is 1. The standard InChI is InChI=1S/C27H33N3O6/c1-18(2)30(19-7-5-11-28-16-19)27(32)21-15-25(35-14-13-33-3)20-8-4-9-24(26(20)29-21)36-17-22(31)23-10-6-12-34-23/h4,6,8-10,12,15,18-19,28H,5,7,11,13-14,16-17H2,1-3H3/t19-/m1/s1. The number of aromatic nitrogens is 1. The molecule has 0 aliphatic carbocycles. The molecule has 9 heteroatoms. The Morgan fingerprint density at radius 3 is 2.72 bits per heavy atom. The zero-order chi connectivity index (χ0) is 25.5. The van der Waals surface area contributed by atoms with Gasteiger partial charge in [0.15, 0.2) is 12.4 Å². The van der Waals surface area contributed by atoms with Crippen molar-refractivity contribution in [2.75, 3.05) is 40.0 Å². The number of methoxy groups -OCH3 is 1. The van der Waals surface area contributed by atoms with E-state index in [1.165, 1.54) is 6.26 Å². The van der Waals surface area contributed by atoms with Crippen LogP contribution in [0.4, 0.5) is 0 Å². The van der Waals surface area contributed by atoms with Crippen LogP contribution in [0.25, 0.3) is 10.9 Å². The van der Waals surface area contributed by atoms with Crippen LogP contribution >= 0.6 is 0 Å². The number of nitrogens with zero attached hydrogens (tertiary/aromatic N) is 2. The van der Waals surface area contributed by atoms with Crippen molar-refractivity contribution in [3.63, 3.8) is 0 Å². The minimum absolute atomic E-state index is 0.00447. The third kappa shape index (κ3) is 5.85. The largest absolute Gasteiger partial charge is 0.490 e. The molecule has 4 rings (SSSR count). The third-order valence-corrected chi connectivity index (χ3v) is 6.14. The van der Waals surface area contributed by atoms with Crippen molar-refractivity contribution in [1.29, 1.82) is 0 Å². The highest BCUT2D eigenvalue weighted by atomic mass is 16.5. The number of benzene rings is 1. The molecule has 0 radical (unpaired) electrons. The number of pyridine rings is 1. The lowest BCUT2D eigenvalue weighted by Gasteiger charge is -2.37. The number of amides is 1. The topological polar surface area (TPSA) is 103 Å². The van der Waals surface area contributed by atoms with Gasteiger partial charge in [-0.1, -0.05) is 6.07 Å². The number of piperidine rings is 1. The Morgan fingerprint density at radius 1 is 1.17 bits per heavy atom. The molecular weight excluding hydrogens is 462 g/mol. The fourth-order valence-electron chi connectivity index (χ4n) is 4.45. The molecule has 0 spiro atoms. The van der Waals surface area contributed by atoms with Gasteiger partial charge in [-0.05, 0) is 57.5 Å². The zero-order valence-electron chi connectivity index (χ0n) is 21.0. The maximum Gasteiger partial charge on any atom is 0.273 e. The van der Waals surface area contributed by atoms with Crippen molar-refractivity contribution in [3.8, 4) is 11.5 Å². The molecule has 0 saturated carbocycles. The van der Waals surface area contributed by atoms with Gasteiger partial charge >= 0.3 is 0 Å². The summed E-state index contributed by atoms with van der Waals surface area (Å²) < 4.78 is 22.1. The molecular formula is C27H33N3O6. The van der Waals surface area contributed by atoms with Crippen molar-refractivity contribution >= 4 is 22.6 Å². The number of rotatable bonds is 11. The maximum atomic E-state index is 13.8. The fourth-order valence-corrected chi connectivity index (χ4v) is 4.45. The van der Waals surface area contributed by atoms with Crippen LogP contribution in [0, 0.1) is 0 Å². The number of Topliss-reactive ketones (excluding diaryl/α,β-unsaturated/α-hetero) is 1. The van der Waals surface area contributed by atoms with E-state index in [0.717, 1.165) is 25.9 Å². The van der Waals surface area contributed by atoms with Crippen LogP contribution in [0.15, 0.2) is 47.1 Å². The number of ketones is 1. The van der Waals surface area contributed by atoms with E-state index in [1.54, 1.807) is 37.4 Å². The molecule has 1 N–H and O–H groups in total. The summed E-state index contributed by atoms with van der Waals surface area (Å²) in [6.45, 7) is 6.21. The van der Waals surface area contributed by atoms with Crippen molar-refractivity contribution in [2.45, 2.75) is 38.8 Å². The first kappa shape index (κ1) is 25.7. The minimum atomic E-state index is -0.295. The van der Waals surface area contributed by atoms with Gasteiger partial charge in [0.25, 0.3) is 5.91 Å². The Hall–Kier alpha value is -3.43. The smallest absolute Gasteiger partial charge is 0.273 e. The molecule has 3 heterocycles. The minimum Gasteiger partial charge on any atom is -0.490 e. The molecule has 1 atom stereocenters. The lowest BCUT2D eigenvalue weighted by molar-refractivity contribution is 0.0567. The first-order valence-corrected chi connectivity index (χ1v) is 12.3. The van der Waals surface area contributed by atoms with Gasteiger partial charge in [0, 0.05) is 37.2 Å². The van der Waals surface area contributed by atoms with Crippen LogP contribution in [0.3, 0.4) is 0 Å². The molecule has 1 aliphatic rings. The summed E-state index contributed by atoms with van der Waals surface area (Å²) in [6, 6.07) is 10.4. The molecule has 1 fully saturated rings. The van der Waals surface area contributed by atoms with Crippen LogP contribution in [0.1, 0.15) is 47.7 Å². The number of fused-ring (bicyclic) bond motifs is 1. The highest BCUT2D eigenvalue weighted by molar-refractivity contribution is 5.99. The summed E-state index contributed by atoms with van der Waals surface area (Å²) in [5.41, 5.74) is 0.719. The Kier molecular flexibility index (Phi) is 8.56. The van der Waals surface area contributed by atoms with Crippen LogP contribution in [-0.4, -0.2) is 73.7 Å². The quantitative estimate of drug-likeness (QED) is 0.317. The van der Waals surface area contributed by atoms with E-state index in [9.17, 15) is 9.59 Å². The highest BCUT2D eigenvalue weighted by Crippen LogP contribution is 2.33. The van der Waals surface area contributed by atoms with Crippen molar-refractivity contribution in [1.82, 2.24) is 15.2 Å². The Balaban J connectivity index is 1.70. The predicted octanol–water partition coefficient (Wildman–Crippen LogP) is 3.72. The molecule has 3 aromatic rings. The SMILES string of the molecule is COCCOc1cc(C(=O)N(C(C)C)[C@@H]2CCCNC2)nc2c(OCC(=O)c3ccco3)cccc12.